The van der Waals surface area contributed by atoms with Crippen molar-refractivity contribution in [2.45, 2.75) is 45.4 Å². The molecule has 0 bridgehead atoms. The summed E-state index contributed by atoms with van der Waals surface area (Å²) in [4.78, 5) is 29.3. The van der Waals surface area contributed by atoms with Crippen LogP contribution in [0.5, 0.6) is 0 Å². The molecule has 1 atom stereocenters. The topological polar surface area (TPSA) is 96.4 Å². The number of ether oxygens (including phenoxy) is 1. The van der Waals surface area contributed by atoms with Gasteiger partial charge < -0.3 is 19.5 Å². The van der Waals surface area contributed by atoms with Gasteiger partial charge in [-0.15, -0.1) is 0 Å². The number of esters is 1. The first kappa shape index (κ1) is 36.0. The summed E-state index contributed by atoms with van der Waals surface area (Å²) in [5.74, 6) is -0.829. The minimum absolute atomic E-state index is 0.173. The van der Waals surface area contributed by atoms with E-state index in [9.17, 15) is 9.59 Å². The van der Waals surface area contributed by atoms with Crippen molar-refractivity contribution in [3.05, 3.63) is 148 Å². The lowest BCUT2D eigenvalue weighted by Crippen LogP contribution is -2.66. The molecule has 0 fully saturated rings. The van der Waals surface area contributed by atoms with Crippen LogP contribution in [0.2, 0.25) is 15.1 Å². The van der Waals surface area contributed by atoms with Crippen LogP contribution in [0.3, 0.4) is 0 Å². The van der Waals surface area contributed by atoms with E-state index < -0.39 is 20.3 Å². The summed E-state index contributed by atoms with van der Waals surface area (Å²) < 4.78 is 13.9. The molecule has 2 heterocycles. The van der Waals surface area contributed by atoms with Crippen LogP contribution in [0.1, 0.15) is 61.0 Å². The fraction of sp³-hybridized carbons (Fsp3) is 0.205. The normalized spacial score (nSPS) is 12.6. The smallest absolute Gasteiger partial charge is 0.356 e. The number of halogens is 2. The van der Waals surface area contributed by atoms with Gasteiger partial charge in [-0.05, 0) is 70.4 Å². The van der Waals surface area contributed by atoms with Crippen molar-refractivity contribution in [1.82, 2.24) is 9.55 Å². The van der Waals surface area contributed by atoms with Crippen molar-refractivity contribution in [2.24, 2.45) is 5.73 Å². The van der Waals surface area contributed by atoms with Gasteiger partial charge in [-0.3, -0.25) is 4.79 Å². The molecule has 49 heavy (non-hydrogen) atoms. The van der Waals surface area contributed by atoms with E-state index in [-0.39, 0.29) is 29.7 Å². The zero-order chi connectivity index (χ0) is 35.2. The summed E-state index contributed by atoms with van der Waals surface area (Å²) in [6, 6.07) is 30.2. The van der Waals surface area contributed by atoms with Gasteiger partial charge in [0.25, 0.3) is 8.32 Å². The number of pyridine rings is 1. The van der Waals surface area contributed by atoms with Crippen molar-refractivity contribution in [3.63, 3.8) is 0 Å². The van der Waals surface area contributed by atoms with Crippen LogP contribution in [0.25, 0.3) is 11.8 Å². The average molecular weight is 713 g/mol. The van der Waals surface area contributed by atoms with E-state index in [4.69, 9.17) is 38.1 Å². The number of nitrogens with two attached hydrogens (primary N) is 1. The highest BCUT2D eigenvalue weighted by Gasteiger charge is 2.50. The molecular formula is C39H39Cl2N3O4Si. The third-order valence-electron chi connectivity index (χ3n) is 8.39. The Morgan fingerprint density at radius 2 is 1.57 bits per heavy atom. The first-order valence-electron chi connectivity index (χ1n) is 16.0. The lowest BCUT2D eigenvalue weighted by molar-refractivity contribution is -0.115. The van der Waals surface area contributed by atoms with Crippen molar-refractivity contribution in [1.29, 1.82) is 0 Å². The highest BCUT2D eigenvalue weighted by Crippen LogP contribution is 2.39. The van der Waals surface area contributed by atoms with Crippen LogP contribution >= 0.6 is 23.2 Å². The van der Waals surface area contributed by atoms with E-state index in [1.54, 1.807) is 41.8 Å². The molecule has 0 saturated carbocycles. The number of carbonyl (C=O) groups excluding carboxylic acids is 2. The van der Waals surface area contributed by atoms with Gasteiger partial charge in [0.2, 0.25) is 0 Å². The molecule has 2 aromatic heterocycles. The molecule has 0 amide bonds. The number of hydrogen-bond acceptors (Lipinski definition) is 6. The number of benzene rings is 3. The fourth-order valence-corrected chi connectivity index (χ4v) is 11.1. The predicted octanol–water partition coefficient (Wildman–Crippen LogP) is 7.71. The number of ketones is 1. The van der Waals surface area contributed by atoms with Crippen LogP contribution in [0.15, 0.2) is 116 Å². The number of rotatable bonds is 12. The molecule has 0 aliphatic carbocycles. The molecule has 0 radical (unpaired) electrons. The maximum absolute atomic E-state index is 13.3. The molecule has 0 spiro atoms. The maximum Gasteiger partial charge on any atom is 0.356 e. The Labute approximate surface area is 298 Å². The van der Waals surface area contributed by atoms with Gasteiger partial charge in [0.05, 0.1) is 23.9 Å². The molecule has 2 N–H and O–H groups in total. The number of hydrogen-bond donors (Lipinski definition) is 1. The SMILES string of the molecule is CCOC(=O)c1ccc(/C=C/C(=O)C(N)c2cccn2-c2ccc(Cl)c(CO[Si](c3ccccc3)(c3ccccc3)C(C)(C)C)c2Cl)cn1. The summed E-state index contributed by atoms with van der Waals surface area (Å²) in [5.41, 5.74) is 9.15. The molecule has 10 heteroatoms. The molecule has 7 nitrogen and oxygen atoms in total. The van der Waals surface area contributed by atoms with Crippen molar-refractivity contribution in [3.8, 4) is 5.69 Å². The third-order valence-corrected chi connectivity index (χ3v) is 14.1. The summed E-state index contributed by atoms with van der Waals surface area (Å²) >= 11 is 14.0. The number of nitrogens with zero attached hydrogens (tertiary/aromatic N) is 2. The molecule has 252 valence electrons. The van der Waals surface area contributed by atoms with Crippen LogP contribution in [-0.4, -0.2) is 36.2 Å². The summed E-state index contributed by atoms with van der Waals surface area (Å²) in [7, 11) is -2.88. The molecule has 5 aromatic rings. The minimum Gasteiger partial charge on any atom is -0.461 e. The standard InChI is InChI=1S/C39H39Cl2N3O4Si/c1-5-47-38(46)32-21-18-27(25-43-32)19-23-35(45)37(42)34-17-12-24-44(34)33-22-20-31(40)30(36(33)41)26-48-49(39(2,3)4,28-13-8-6-9-14-28)29-15-10-7-11-16-29/h6-25,37H,5,26,42H2,1-4H3/b23-19+. The van der Waals surface area contributed by atoms with Gasteiger partial charge >= 0.3 is 5.97 Å². The zero-order valence-electron chi connectivity index (χ0n) is 27.9. The first-order chi connectivity index (χ1) is 23.5. The van der Waals surface area contributed by atoms with E-state index in [0.29, 0.717) is 32.6 Å². The summed E-state index contributed by atoms with van der Waals surface area (Å²) in [6.45, 7) is 8.80. The van der Waals surface area contributed by atoms with E-state index in [2.05, 4.69) is 50.0 Å². The Kier molecular flexibility index (Phi) is 11.4. The Morgan fingerprint density at radius 1 is 0.918 bits per heavy atom. The third kappa shape index (κ3) is 7.64. The molecular weight excluding hydrogens is 673 g/mol. The Hall–Kier alpha value is -4.31. The molecule has 5 rings (SSSR count). The molecule has 3 aromatic carbocycles. The number of carbonyl (C=O) groups is 2. The van der Waals surface area contributed by atoms with Crippen LogP contribution in [-0.2, 0) is 20.6 Å². The molecule has 0 saturated heterocycles. The minimum atomic E-state index is -2.88. The average Bonchev–Trinajstić information content (AvgIpc) is 3.58. The Balaban J connectivity index is 1.43. The van der Waals surface area contributed by atoms with Crippen molar-refractivity contribution in [2.75, 3.05) is 6.61 Å². The monoisotopic (exact) mass is 711 g/mol. The largest absolute Gasteiger partial charge is 0.461 e. The van der Waals surface area contributed by atoms with Gasteiger partial charge in [0.1, 0.15) is 11.7 Å². The van der Waals surface area contributed by atoms with Gasteiger partial charge in [0, 0.05) is 28.7 Å². The van der Waals surface area contributed by atoms with Gasteiger partial charge in [-0.25, -0.2) is 9.78 Å². The van der Waals surface area contributed by atoms with Crippen molar-refractivity contribution < 1.29 is 18.8 Å². The second-order valence-corrected chi connectivity index (χ2v) is 17.6. The highest BCUT2D eigenvalue weighted by atomic mass is 35.5. The predicted molar refractivity (Wildman–Crippen MR) is 199 cm³/mol. The molecule has 0 aliphatic heterocycles. The molecule has 1 unspecified atom stereocenters. The zero-order valence-corrected chi connectivity index (χ0v) is 30.4. The van der Waals surface area contributed by atoms with Crippen LogP contribution < -0.4 is 16.1 Å². The van der Waals surface area contributed by atoms with E-state index in [1.165, 1.54) is 12.3 Å². The summed E-state index contributed by atoms with van der Waals surface area (Å²) in [6.07, 6.45) is 6.31. The van der Waals surface area contributed by atoms with Gasteiger partial charge in [-0.1, -0.05) is 111 Å². The quantitative estimate of drug-likeness (QED) is 0.0809. The van der Waals surface area contributed by atoms with Crippen molar-refractivity contribution >= 4 is 59.7 Å². The van der Waals surface area contributed by atoms with E-state index >= 15 is 0 Å². The Morgan fingerprint density at radius 3 is 2.14 bits per heavy atom. The highest BCUT2D eigenvalue weighted by molar-refractivity contribution is 6.99. The molecule has 0 aliphatic rings. The fourth-order valence-electron chi connectivity index (χ4n) is 5.97. The van der Waals surface area contributed by atoms with Gasteiger partial charge in [-0.2, -0.15) is 0 Å². The maximum atomic E-state index is 13.3. The summed E-state index contributed by atoms with van der Waals surface area (Å²) in [5, 5.41) is 2.94. The lowest BCUT2D eigenvalue weighted by Gasteiger charge is -2.43. The second kappa shape index (κ2) is 15.5. The first-order valence-corrected chi connectivity index (χ1v) is 18.6. The van der Waals surface area contributed by atoms with Crippen LogP contribution in [0.4, 0.5) is 0 Å². The van der Waals surface area contributed by atoms with Gasteiger partial charge in [0.15, 0.2) is 5.78 Å². The second-order valence-electron chi connectivity index (χ2n) is 12.5. The number of aromatic nitrogens is 2. The van der Waals surface area contributed by atoms with E-state index in [1.807, 2.05) is 54.7 Å². The van der Waals surface area contributed by atoms with Crippen LogP contribution in [0, 0.1) is 0 Å². The Bertz CT molecular complexity index is 1900. The lowest BCUT2D eigenvalue weighted by atomic mass is 10.1. The van der Waals surface area contributed by atoms with E-state index in [0.717, 1.165) is 10.4 Å².